The third kappa shape index (κ3) is 9.65. The van der Waals surface area contributed by atoms with Crippen LogP contribution in [0.5, 0.6) is 0 Å². The molecular formula is C43H68N2. The van der Waals surface area contributed by atoms with Crippen LogP contribution in [0.1, 0.15) is 204 Å². The Morgan fingerprint density at radius 3 is 0.822 bits per heavy atom. The average Bonchev–Trinajstić information content (AvgIpc) is 3.53. The van der Waals surface area contributed by atoms with Gasteiger partial charge in [0.15, 0.2) is 0 Å². The van der Waals surface area contributed by atoms with Gasteiger partial charge < -0.3 is 9.80 Å². The first-order valence-corrected chi connectivity index (χ1v) is 19.3. The van der Waals surface area contributed by atoms with Gasteiger partial charge in [-0.2, -0.15) is 0 Å². The fourth-order valence-electron chi connectivity index (χ4n) is 8.21. The van der Waals surface area contributed by atoms with Gasteiger partial charge in [0.1, 0.15) is 0 Å². The van der Waals surface area contributed by atoms with Crippen molar-refractivity contribution >= 4 is 11.4 Å². The van der Waals surface area contributed by atoms with Crippen LogP contribution >= 0.6 is 0 Å². The Bertz CT molecular complexity index is 953. The average molecular weight is 613 g/mol. The first-order valence-electron chi connectivity index (χ1n) is 19.3. The van der Waals surface area contributed by atoms with E-state index in [1.54, 1.807) is 0 Å². The second kappa shape index (κ2) is 20.1. The molecule has 0 saturated heterocycles. The summed E-state index contributed by atoms with van der Waals surface area (Å²) in [7, 11) is 0. The molecule has 1 aliphatic rings. The summed E-state index contributed by atoms with van der Waals surface area (Å²) in [5.41, 5.74) is 8.98. The zero-order valence-corrected chi connectivity index (χ0v) is 30.6. The fourth-order valence-corrected chi connectivity index (χ4v) is 8.21. The van der Waals surface area contributed by atoms with Gasteiger partial charge in [-0.3, -0.25) is 0 Å². The number of para-hydroxylation sites is 2. The maximum atomic E-state index is 4.00. The summed E-state index contributed by atoms with van der Waals surface area (Å²) in [4.78, 5) is 4.82. The SMILES string of the molecule is CCCC(CCC)c1cccc(C(CCC)CCC)c1N1[C]N(c2c(C(CCC)CCC)cccc2C(CCC)CCC)C=C1. The van der Waals surface area contributed by atoms with Gasteiger partial charge in [0, 0.05) is 12.4 Å². The number of rotatable bonds is 22. The molecule has 1 heterocycles. The van der Waals surface area contributed by atoms with E-state index in [2.05, 4.69) is 121 Å². The first-order chi connectivity index (χ1) is 22.0. The molecule has 0 atom stereocenters. The summed E-state index contributed by atoms with van der Waals surface area (Å²) < 4.78 is 0. The Labute approximate surface area is 280 Å². The van der Waals surface area contributed by atoms with Crippen LogP contribution in [0.4, 0.5) is 11.4 Å². The summed E-state index contributed by atoms with van der Waals surface area (Å²) >= 11 is 0. The number of anilines is 2. The van der Waals surface area contributed by atoms with E-state index in [1.807, 2.05) is 0 Å². The van der Waals surface area contributed by atoms with Crippen LogP contribution in [-0.4, -0.2) is 0 Å². The molecule has 0 N–H and O–H groups in total. The van der Waals surface area contributed by atoms with Crippen LogP contribution < -0.4 is 9.80 Å². The standard InChI is InChI=1S/C43H68N2/c1-9-19-34(20-10-2)38-27-17-28-39(35(21-11-3)22-12-4)42(38)44-31-32-45(33-44)43-40(36(23-13-5)24-14-6)29-18-30-41(43)37(25-15-7)26-16-8/h17-18,27-32,34-37H,9-16,19-26H2,1-8H3. The van der Waals surface area contributed by atoms with Crippen molar-refractivity contribution in [3.8, 4) is 0 Å². The van der Waals surface area contributed by atoms with Crippen molar-refractivity contribution in [2.24, 2.45) is 0 Å². The predicted molar refractivity (Wildman–Crippen MR) is 200 cm³/mol. The summed E-state index contributed by atoms with van der Waals surface area (Å²) in [5, 5.41) is 0. The minimum Gasteiger partial charge on any atom is -0.315 e. The highest BCUT2D eigenvalue weighted by Crippen LogP contribution is 2.47. The molecule has 250 valence electrons. The quantitative estimate of drug-likeness (QED) is 0.130. The van der Waals surface area contributed by atoms with E-state index in [4.69, 9.17) is 0 Å². The smallest absolute Gasteiger partial charge is 0.217 e. The molecule has 2 aromatic rings. The van der Waals surface area contributed by atoms with Gasteiger partial charge in [-0.1, -0.05) is 143 Å². The molecule has 1 aliphatic heterocycles. The zero-order valence-electron chi connectivity index (χ0n) is 30.6. The lowest BCUT2D eigenvalue weighted by atomic mass is 9.82. The van der Waals surface area contributed by atoms with Gasteiger partial charge in [0.25, 0.3) is 0 Å². The van der Waals surface area contributed by atoms with Gasteiger partial charge in [0.2, 0.25) is 6.67 Å². The van der Waals surface area contributed by atoms with E-state index in [9.17, 15) is 0 Å². The minimum absolute atomic E-state index is 0.586. The van der Waals surface area contributed by atoms with Crippen molar-refractivity contribution in [3.63, 3.8) is 0 Å². The summed E-state index contributed by atoms with van der Waals surface area (Å²) in [6.07, 6.45) is 24.4. The van der Waals surface area contributed by atoms with Crippen molar-refractivity contribution < 1.29 is 0 Å². The highest BCUT2D eigenvalue weighted by Gasteiger charge is 2.31. The van der Waals surface area contributed by atoms with Crippen molar-refractivity contribution in [1.29, 1.82) is 0 Å². The van der Waals surface area contributed by atoms with Crippen LogP contribution in [0.25, 0.3) is 0 Å². The highest BCUT2D eigenvalue weighted by molar-refractivity contribution is 5.73. The number of hydrogen-bond donors (Lipinski definition) is 0. The second-order valence-corrected chi connectivity index (χ2v) is 13.8. The van der Waals surface area contributed by atoms with E-state index in [0.717, 1.165) is 0 Å². The van der Waals surface area contributed by atoms with Crippen LogP contribution in [0.2, 0.25) is 0 Å². The maximum absolute atomic E-state index is 4.00. The Morgan fingerprint density at radius 2 is 0.622 bits per heavy atom. The Morgan fingerprint density at radius 1 is 0.400 bits per heavy atom. The van der Waals surface area contributed by atoms with E-state index < -0.39 is 0 Å². The molecule has 0 saturated carbocycles. The van der Waals surface area contributed by atoms with Crippen LogP contribution in [0.15, 0.2) is 48.8 Å². The van der Waals surface area contributed by atoms with Crippen molar-refractivity contribution in [2.45, 2.75) is 182 Å². The van der Waals surface area contributed by atoms with Crippen LogP contribution in [0.3, 0.4) is 0 Å². The van der Waals surface area contributed by atoms with E-state index in [-0.39, 0.29) is 0 Å². The van der Waals surface area contributed by atoms with Gasteiger partial charge in [-0.05, 0) is 97.3 Å². The molecule has 2 nitrogen and oxygen atoms in total. The molecule has 0 aromatic heterocycles. The minimum atomic E-state index is 0.586. The third-order valence-electron chi connectivity index (χ3n) is 10.1. The van der Waals surface area contributed by atoms with Crippen molar-refractivity contribution in [1.82, 2.24) is 0 Å². The monoisotopic (exact) mass is 613 g/mol. The van der Waals surface area contributed by atoms with Gasteiger partial charge in [-0.15, -0.1) is 0 Å². The Balaban J connectivity index is 2.19. The van der Waals surface area contributed by atoms with Crippen LogP contribution in [-0.2, 0) is 0 Å². The summed E-state index contributed by atoms with van der Waals surface area (Å²) in [6, 6.07) is 14.5. The molecule has 0 fully saturated rings. The number of nitrogens with zero attached hydrogens (tertiary/aromatic N) is 2. The molecule has 0 spiro atoms. The molecular weight excluding hydrogens is 544 g/mol. The Hall–Kier alpha value is -2.22. The van der Waals surface area contributed by atoms with E-state index >= 15 is 0 Å². The van der Waals surface area contributed by atoms with Crippen molar-refractivity contribution in [3.05, 3.63) is 77.7 Å². The second-order valence-electron chi connectivity index (χ2n) is 13.8. The van der Waals surface area contributed by atoms with Gasteiger partial charge in [-0.25, -0.2) is 0 Å². The molecule has 2 radical (unpaired) electrons. The fraction of sp³-hybridized carbons (Fsp3) is 0.651. The molecule has 3 rings (SSSR count). The van der Waals surface area contributed by atoms with E-state index in [0.29, 0.717) is 23.7 Å². The lowest BCUT2D eigenvalue weighted by Crippen LogP contribution is -2.24. The normalized spacial score (nSPS) is 13.5. The highest BCUT2D eigenvalue weighted by atomic mass is 15.3. The molecule has 45 heavy (non-hydrogen) atoms. The molecule has 0 unspecified atom stereocenters. The molecule has 0 bridgehead atoms. The first kappa shape index (κ1) is 37.2. The van der Waals surface area contributed by atoms with Crippen molar-refractivity contribution in [2.75, 3.05) is 9.80 Å². The van der Waals surface area contributed by atoms with Gasteiger partial charge >= 0.3 is 0 Å². The van der Waals surface area contributed by atoms with Gasteiger partial charge in [0.05, 0.1) is 11.4 Å². The molecule has 0 aliphatic carbocycles. The lowest BCUT2D eigenvalue weighted by Gasteiger charge is -2.33. The van der Waals surface area contributed by atoms with E-state index in [1.165, 1.54) is 136 Å². The topological polar surface area (TPSA) is 6.48 Å². The number of benzene rings is 2. The lowest BCUT2D eigenvalue weighted by molar-refractivity contribution is 0.547. The summed E-state index contributed by atoms with van der Waals surface area (Å²) in [6.45, 7) is 22.8. The summed E-state index contributed by atoms with van der Waals surface area (Å²) in [5.74, 6) is 2.34. The van der Waals surface area contributed by atoms with Crippen LogP contribution in [0, 0.1) is 6.67 Å². The molecule has 2 aromatic carbocycles. The maximum Gasteiger partial charge on any atom is 0.217 e. The largest absolute Gasteiger partial charge is 0.315 e. The Kier molecular flexibility index (Phi) is 16.6. The molecule has 2 heteroatoms. The predicted octanol–water partition coefficient (Wildman–Crippen LogP) is 14.2. The zero-order chi connectivity index (χ0) is 32.6. The molecule has 0 amide bonds. The third-order valence-corrected chi connectivity index (χ3v) is 10.1. The number of hydrogen-bond acceptors (Lipinski definition) is 2.